The van der Waals surface area contributed by atoms with Gasteiger partial charge in [0, 0.05) is 28.6 Å². The molecule has 26 heavy (non-hydrogen) atoms. The largest absolute Gasteiger partial charge is 0.284 e. The van der Waals surface area contributed by atoms with E-state index in [1.54, 1.807) is 0 Å². The molecular weight excluding hydrogens is 316 g/mol. The van der Waals surface area contributed by atoms with Gasteiger partial charge in [0.25, 0.3) is 0 Å². The van der Waals surface area contributed by atoms with Crippen LogP contribution < -0.4 is 0 Å². The lowest BCUT2D eigenvalue weighted by Crippen LogP contribution is -2.17. The smallest absolute Gasteiger partial charge is 0.0806 e. The molecule has 0 fully saturated rings. The minimum Gasteiger partial charge on any atom is -0.284 e. The summed E-state index contributed by atoms with van der Waals surface area (Å²) in [4.78, 5) is 9.96. The fourth-order valence-electron chi connectivity index (χ4n) is 3.79. The van der Waals surface area contributed by atoms with Gasteiger partial charge in [-0.15, -0.1) is 0 Å². The van der Waals surface area contributed by atoms with Crippen molar-refractivity contribution in [3.05, 3.63) is 102 Å². The molecule has 0 saturated carbocycles. The summed E-state index contributed by atoms with van der Waals surface area (Å²) >= 11 is 0. The van der Waals surface area contributed by atoms with E-state index in [0.717, 1.165) is 41.0 Å². The molecule has 0 N–H and O–H groups in total. The quantitative estimate of drug-likeness (QED) is 0.488. The van der Waals surface area contributed by atoms with Gasteiger partial charge >= 0.3 is 0 Å². The van der Waals surface area contributed by atoms with Crippen LogP contribution in [0.15, 0.2) is 89.9 Å². The molecule has 1 aliphatic rings. The van der Waals surface area contributed by atoms with Gasteiger partial charge in [-0.25, -0.2) is 4.98 Å². The summed E-state index contributed by atoms with van der Waals surface area (Å²) in [7, 11) is 0. The zero-order valence-corrected chi connectivity index (χ0v) is 14.4. The van der Waals surface area contributed by atoms with Gasteiger partial charge in [-0.1, -0.05) is 78.9 Å². The van der Waals surface area contributed by atoms with Gasteiger partial charge in [-0.3, -0.25) is 4.99 Å². The maximum absolute atomic E-state index is 5.05. The van der Waals surface area contributed by atoms with Crippen LogP contribution >= 0.6 is 0 Å². The van der Waals surface area contributed by atoms with E-state index in [1.807, 2.05) is 12.1 Å². The highest BCUT2D eigenvalue weighted by molar-refractivity contribution is 6.19. The molecule has 1 aromatic heterocycles. The molecule has 0 spiro atoms. The molecule has 0 unspecified atom stereocenters. The van der Waals surface area contributed by atoms with Gasteiger partial charge in [-0.2, -0.15) is 0 Å². The second kappa shape index (κ2) is 6.23. The van der Waals surface area contributed by atoms with Gasteiger partial charge in [-0.05, 0) is 18.1 Å². The first-order chi connectivity index (χ1) is 12.9. The van der Waals surface area contributed by atoms with Gasteiger partial charge in [0.1, 0.15) is 0 Å². The predicted molar refractivity (Wildman–Crippen MR) is 108 cm³/mol. The van der Waals surface area contributed by atoms with Crippen molar-refractivity contribution in [3.63, 3.8) is 0 Å². The molecule has 2 heterocycles. The third-order valence-corrected chi connectivity index (χ3v) is 4.96. The summed E-state index contributed by atoms with van der Waals surface area (Å²) in [5.74, 6) is 0. The van der Waals surface area contributed by atoms with Crippen LogP contribution in [-0.4, -0.2) is 17.2 Å². The number of benzene rings is 3. The monoisotopic (exact) mass is 334 g/mol. The molecule has 5 rings (SSSR count). The van der Waals surface area contributed by atoms with E-state index >= 15 is 0 Å². The number of fused-ring (bicyclic) bond motifs is 3. The normalized spacial score (nSPS) is 13.3. The van der Waals surface area contributed by atoms with Crippen molar-refractivity contribution in [2.75, 3.05) is 6.54 Å². The van der Waals surface area contributed by atoms with Crippen molar-refractivity contribution in [1.82, 2.24) is 4.98 Å². The first-order valence-corrected chi connectivity index (χ1v) is 8.99. The van der Waals surface area contributed by atoms with E-state index in [2.05, 4.69) is 72.8 Å². The van der Waals surface area contributed by atoms with Crippen LogP contribution in [0.5, 0.6) is 0 Å². The molecule has 0 aliphatic carbocycles. The van der Waals surface area contributed by atoms with E-state index in [1.165, 1.54) is 16.5 Å². The van der Waals surface area contributed by atoms with Crippen molar-refractivity contribution in [1.29, 1.82) is 0 Å². The zero-order valence-electron chi connectivity index (χ0n) is 14.4. The lowest BCUT2D eigenvalue weighted by atomic mass is 9.87. The van der Waals surface area contributed by atoms with Crippen LogP contribution in [0.25, 0.3) is 22.2 Å². The van der Waals surface area contributed by atoms with E-state index in [0.29, 0.717) is 0 Å². The lowest BCUT2D eigenvalue weighted by molar-refractivity contribution is 0.950. The molecule has 3 aromatic carbocycles. The Kier molecular flexibility index (Phi) is 3.60. The van der Waals surface area contributed by atoms with Crippen molar-refractivity contribution >= 4 is 16.6 Å². The first-order valence-electron chi connectivity index (χ1n) is 8.99. The highest BCUT2D eigenvalue weighted by atomic mass is 14.8. The lowest BCUT2D eigenvalue weighted by Gasteiger charge is -2.22. The minimum absolute atomic E-state index is 0.819. The van der Waals surface area contributed by atoms with Crippen LogP contribution in [0.3, 0.4) is 0 Å². The number of aromatic nitrogens is 1. The summed E-state index contributed by atoms with van der Waals surface area (Å²) in [5, 5.41) is 1.24. The Morgan fingerprint density at radius 1 is 0.654 bits per heavy atom. The highest BCUT2D eigenvalue weighted by Crippen LogP contribution is 2.34. The third-order valence-electron chi connectivity index (χ3n) is 4.96. The molecule has 4 aromatic rings. The highest BCUT2D eigenvalue weighted by Gasteiger charge is 2.23. The summed E-state index contributed by atoms with van der Waals surface area (Å²) in [6.07, 6.45) is 0.953. The predicted octanol–water partition coefficient (Wildman–Crippen LogP) is 5.30. The SMILES string of the molecule is c1ccc(C2=NCCc3c2c(-c2ccccc2)nc2ccccc32)cc1. The number of hydrogen-bond acceptors (Lipinski definition) is 2. The van der Waals surface area contributed by atoms with Crippen molar-refractivity contribution in [3.8, 4) is 11.3 Å². The number of para-hydroxylation sites is 1. The molecule has 0 saturated heterocycles. The molecule has 0 bridgehead atoms. The molecule has 0 atom stereocenters. The first kappa shape index (κ1) is 15.0. The summed E-state index contributed by atoms with van der Waals surface area (Å²) in [6, 6.07) is 29.4. The molecule has 2 heteroatoms. The molecular formula is C24H18N2. The Labute approximate surface area is 152 Å². The van der Waals surface area contributed by atoms with E-state index < -0.39 is 0 Å². The zero-order chi connectivity index (χ0) is 17.3. The van der Waals surface area contributed by atoms with Crippen LogP contribution in [0.1, 0.15) is 16.7 Å². The van der Waals surface area contributed by atoms with Gasteiger partial charge in [0.05, 0.1) is 16.9 Å². The van der Waals surface area contributed by atoms with Crippen molar-refractivity contribution in [2.24, 2.45) is 4.99 Å². The van der Waals surface area contributed by atoms with Crippen LogP contribution in [0.4, 0.5) is 0 Å². The van der Waals surface area contributed by atoms with Crippen LogP contribution in [-0.2, 0) is 6.42 Å². The average Bonchev–Trinajstić information content (AvgIpc) is 2.74. The Bertz CT molecular complexity index is 1110. The summed E-state index contributed by atoms with van der Waals surface area (Å²) in [6.45, 7) is 0.819. The minimum atomic E-state index is 0.819. The Balaban J connectivity index is 1.87. The van der Waals surface area contributed by atoms with Gasteiger partial charge < -0.3 is 0 Å². The second-order valence-corrected chi connectivity index (χ2v) is 6.54. The van der Waals surface area contributed by atoms with Gasteiger partial charge in [0.2, 0.25) is 0 Å². The van der Waals surface area contributed by atoms with E-state index in [9.17, 15) is 0 Å². The number of aliphatic imine (C=N–C) groups is 1. The molecule has 1 aliphatic heterocycles. The van der Waals surface area contributed by atoms with Crippen LogP contribution in [0.2, 0.25) is 0 Å². The van der Waals surface area contributed by atoms with E-state index in [4.69, 9.17) is 9.98 Å². The average molecular weight is 334 g/mol. The topological polar surface area (TPSA) is 25.2 Å². The molecule has 0 radical (unpaired) electrons. The fourth-order valence-corrected chi connectivity index (χ4v) is 3.79. The molecule has 0 amide bonds. The Hall–Kier alpha value is -3.26. The maximum atomic E-state index is 5.05. The summed E-state index contributed by atoms with van der Waals surface area (Å²) < 4.78 is 0. The number of pyridine rings is 1. The number of hydrogen-bond donors (Lipinski definition) is 0. The number of rotatable bonds is 2. The number of nitrogens with zero attached hydrogens (tertiary/aromatic N) is 2. The van der Waals surface area contributed by atoms with Gasteiger partial charge in [0.15, 0.2) is 0 Å². The Morgan fingerprint density at radius 3 is 2.08 bits per heavy atom. The summed E-state index contributed by atoms with van der Waals surface area (Å²) in [5.41, 5.74) is 7.99. The molecule has 124 valence electrons. The molecule has 2 nitrogen and oxygen atoms in total. The van der Waals surface area contributed by atoms with Crippen LogP contribution in [0, 0.1) is 0 Å². The fraction of sp³-hybridized carbons (Fsp3) is 0.0833. The van der Waals surface area contributed by atoms with E-state index in [-0.39, 0.29) is 0 Å². The van der Waals surface area contributed by atoms with Crippen molar-refractivity contribution in [2.45, 2.75) is 6.42 Å². The van der Waals surface area contributed by atoms with Crippen molar-refractivity contribution < 1.29 is 0 Å². The standard InChI is InChI=1S/C24H18N2/c1-3-9-17(10-4-1)23-22-20(15-16-25-23)19-13-7-8-14-21(19)26-24(22)18-11-5-2-6-12-18/h1-14H,15-16H2. The third kappa shape index (κ3) is 2.42. The maximum Gasteiger partial charge on any atom is 0.0806 e. The Morgan fingerprint density at radius 2 is 1.31 bits per heavy atom. The second-order valence-electron chi connectivity index (χ2n) is 6.54.